The predicted octanol–water partition coefficient (Wildman–Crippen LogP) is 1.57. The van der Waals surface area contributed by atoms with Crippen LogP contribution in [0.3, 0.4) is 0 Å². The predicted molar refractivity (Wildman–Crippen MR) is 98.8 cm³/mol. The first kappa shape index (κ1) is 20.2. The molecule has 1 aromatic carbocycles. The van der Waals surface area contributed by atoms with Gasteiger partial charge < -0.3 is 10.1 Å². The smallest absolute Gasteiger partial charge is 0.243 e. The Hall–Kier alpha value is -2.11. The summed E-state index contributed by atoms with van der Waals surface area (Å²) in [5.74, 6) is 0.167. The van der Waals surface area contributed by atoms with E-state index in [1.807, 2.05) is 0 Å². The van der Waals surface area contributed by atoms with Crippen molar-refractivity contribution in [2.75, 3.05) is 31.3 Å². The van der Waals surface area contributed by atoms with Gasteiger partial charge >= 0.3 is 0 Å². The van der Waals surface area contributed by atoms with Crippen LogP contribution in [0.1, 0.15) is 13.8 Å². The van der Waals surface area contributed by atoms with Crippen molar-refractivity contribution in [3.8, 4) is 5.75 Å². The van der Waals surface area contributed by atoms with Crippen LogP contribution in [0.15, 0.2) is 34.3 Å². The number of carbonyl (C=O) groups excluding carboxylic acids is 1. The summed E-state index contributed by atoms with van der Waals surface area (Å²) in [4.78, 5) is 12.3. The van der Waals surface area contributed by atoms with Gasteiger partial charge in [-0.05, 0) is 18.2 Å². The summed E-state index contributed by atoms with van der Waals surface area (Å²) in [5.41, 5.74) is 0.298. The molecule has 26 heavy (non-hydrogen) atoms. The standard InChI is InChI=1S/C15H21N5O4S2/c1-4-20(5-2)26(22,23)11-6-7-13(24-3)12(8-11)17-14(21)10-25-15-9-16-19-18-15/h6-9H,4-5,10H2,1-3H3,(H,17,21)(H,16,18,19). The largest absolute Gasteiger partial charge is 0.495 e. The first-order chi connectivity index (χ1) is 12.4. The monoisotopic (exact) mass is 399 g/mol. The summed E-state index contributed by atoms with van der Waals surface area (Å²) in [6.45, 7) is 4.27. The molecule has 0 bridgehead atoms. The van der Waals surface area contributed by atoms with E-state index in [1.165, 1.54) is 47.6 Å². The van der Waals surface area contributed by atoms with E-state index in [0.717, 1.165) is 0 Å². The first-order valence-corrected chi connectivity index (χ1v) is 10.3. The molecule has 0 spiro atoms. The maximum Gasteiger partial charge on any atom is 0.243 e. The molecule has 0 aliphatic rings. The highest BCUT2D eigenvalue weighted by Gasteiger charge is 2.23. The zero-order valence-corrected chi connectivity index (χ0v) is 16.4. The fourth-order valence-electron chi connectivity index (χ4n) is 2.24. The van der Waals surface area contributed by atoms with Crippen molar-refractivity contribution in [1.82, 2.24) is 19.7 Å². The third-order valence-electron chi connectivity index (χ3n) is 3.53. The van der Waals surface area contributed by atoms with E-state index in [-0.39, 0.29) is 16.6 Å². The fourth-order valence-corrected chi connectivity index (χ4v) is 4.31. The number of hydrogen-bond donors (Lipinski definition) is 2. The molecule has 0 aliphatic heterocycles. The van der Waals surface area contributed by atoms with Gasteiger partial charge in [0.1, 0.15) is 10.8 Å². The molecule has 1 amide bonds. The Morgan fingerprint density at radius 1 is 1.35 bits per heavy atom. The molecule has 2 rings (SSSR count). The van der Waals surface area contributed by atoms with Crippen LogP contribution >= 0.6 is 11.8 Å². The van der Waals surface area contributed by atoms with E-state index < -0.39 is 10.0 Å². The quantitative estimate of drug-likeness (QED) is 0.615. The molecule has 0 saturated heterocycles. The summed E-state index contributed by atoms with van der Waals surface area (Å²) >= 11 is 1.21. The molecule has 0 aliphatic carbocycles. The minimum Gasteiger partial charge on any atom is -0.495 e. The molecule has 11 heteroatoms. The average Bonchev–Trinajstić information content (AvgIpc) is 3.14. The Bertz CT molecular complexity index is 836. The second-order valence-electron chi connectivity index (χ2n) is 5.10. The maximum absolute atomic E-state index is 12.7. The number of anilines is 1. The fraction of sp³-hybridized carbons (Fsp3) is 0.400. The van der Waals surface area contributed by atoms with Gasteiger partial charge in [-0.3, -0.25) is 4.79 Å². The van der Waals surface area contributed by atoms with E-state index in [9.17, 15) is 13.2 Å². The van der Waals surface area contributed by atoms with Gasteiger partial charge in [-0.25, -0.2) is 8.42 Å². The molecular weight excluding hydrogens is 378 g/mol. The zero-order valence-electron chi connectivity index (χ0n) is 14.7. The highest BCUT2D eigenvalue weighted by atomic mass is 32.2. The number of sulfonamides is 1. The van der Waals surface area contributed by atoms with Gasteiger partial charge in [0.05, 0.1) is 29.6 Å². The number of hydrogen-bond acceptors (Lipinski definition) is 7. The summed E-state index contributed by atoms with van der Waals surface area (Å²) < 4.78 is 31.9. The van der Waals surface area contributed by atoms with E-state index in [4.69, 9.17) is 4.74 Å². The molecule has 1 heterocycles. The van der Waals surface area contributed by atoms with Gasteiger partial charge in [0.25, 0.3) is 0 Å². The SMILES string of the molecule is CCN(CC)S(=O)(=O)c1ccc(OC)c(NC(=O)CSc2cn[nH]n2)c1. The Labute approximate surface area is 156 Å². The van der Waals surface area contributed by atoms with Crippen LogP contribution in [0.5, 0.6) is 5.75 Å². The van der Waals surface area contributed by atoms with Crippen molar-refractivity contribution in [3.63, 3.8) is 0 Å². The lowest BCUT2D eigenvalue weighted by molar-refractivity contribution is -0.113. The van der Waals surface area contributed by atoms with Crippen LogP contribution in [-0.4, -0.2) is 60.0 Å². The van der Waals surface area contributed by atoms with Crippen LogP contribution in [0.25, 0.3) is 0 Å². The maximum atomic E-state index is 12.7. The molecule has 2 aromatic rings. The average molecular weight is 399 g/mol. The molecule has 9 nitrogen and oxygen atoms in total. The van der Waals surface area contributed by atoms with Gasteiger partial charge in [0.15, 0.2) is 0 Å². The van der Waals surface area contributed by atoms with E-state index in [2.05, 4.69) is 20.7 Å². The lowest BCUT2D eigenvalue weighted by atomic mass is 10.3. The van der Waals surface area contributed by atoms with E-state index in [0.29, 0.717) is 29.6 Å². The van der Waals surface area contributed by atoms with Crippen LogP contribution in [0.4, 0.5) is 5.69 Å². The lowest BCUT2D eigenvalue weighted by Gasteiger charge is -2.19. The molecule has 0 unspecified atom stereocenters. The van der Waals surface area contributed by atoms with E-state index in [1.54, 1.807) is 13.8 Å². The third-order valence-corrected chi connectivity index (χ3v) is 6.48. The molecule has 0 atom stereocenters. The zero-order chi connectivity index (χ0) is 19.2. The Balaban J connectivity index is 2.20. The minimum atomic E-state index is -3.63. The molecule has 0 fully saturated rings. The summed E-state index contributed by atoms with van der Waals surface area (Å²) in [6.07, 6.45) is 1.51. The van der Waals surface area contributed by atoms with Crippen molar-refractivity contribution in [2.45, 2.75) is 23.8 Å². The first-order valence-electron chi connectivity index (χ1n) is 7.89. The second kappa shape index (κ2) is 9.01. The third kappa shape index (κ3) is 4.74. The summed E-state index contributed by atoms with van der Waals surface area (Å²) in [5, 5.41) is 13.2. The number of amides is 1. The van der Waals surface area contributed by atoms with Gasteiger partial charge in [-0.1, -0.05) is 25.6 Å². The number of methoxy groups -OCH3 is 1. The number of aromatic amines is 1. The molecular formula is C15H21N5O4S2. The lowest BCUT2D eigenvalue weighted by Crippen LogP contribution is -2.30. The number of rotatable bonds is 9. The molecule has 2 N–H and O–H groups in total. The van der Waals surface area contributed by atoms with Crippen molar-refractivity contribution < 1.29 is 17.9 Å². The highest BCUT2D eigenvalue weighted by molar-refractivity contribution is 7.99. The number of nitrogens with zero attached hydrogens (tertiary/aromatic N) is 3. The Morgan fingerprint density at radius 2 is 2.08 bits per heavy atom. The van der Waals surface area contributed by atoms with Gasteiger partial charge in [0, 0.05) is 13.1 Å². The number of thioether (sulfide) groups is 1. The second-order valence-corrected chi connectivity index (χ2v) is 8.03. The van der Waals surface area contributed by atoms with Gasteiger partial charge in [0.2, 0.25) is 15.9 Å². The number of nitrogens with one attached hydrogen (secondary N) is 2. The Kier molecular flexibility index (Phi) is 7.00. The Morgan fingerprint density at radius 3 is 2.65 bits per heavy atom. The van der Waals surface area contributed by atoms with Gasteiger partial charge in [-0.2, -0.15) is 14.6 Å². The number of aromatic nitrogens is 3. The molecule has 0 radical (unpaired) electrons. The van der Waals surface area contributed by atoms with Crippen molar-refractivity contribution >= 4 is 33.4 Å². The number of benzene rings is 1. The number of ether oxygens (including phenoxy) is 1. The molecule has 1 aromatic heterocycles. The molecule has 142 valence electrons. The van der Waals surface area contributed by atoms with Crippen molar-refractivity contribution in [2.24, 2.45) is 0 Å². The minimum absolute atomic E-state index is 0.0986. The topological polar surface area (TPSA) is 117 Å². The normalized spacial score (nSPS) is 11.5. The molecule has 0 saturated carbocycles. The van der Waals surface area contributed by atoms with Crippen LogP contribution in [-0.2, 0) is 14.8 Å². The number of H-pyrrole nitrogens is 1. The highest BCUT2D eigenvalue weighted by Crippen LogP contribution is 2.29. The van der Waals surface area contributed by atoms with Gasteiger partial charge in [-0.15, -0.1) is 5.10 Å². The summed E-state index contributed by atoms with van der Waals surface area (Å²) in [7, 11) is -2.18. The van der Waals surface area contributed by atoms with Crippen LogP contribution < -0.4 is 10.1 Å². The van der Waals surface area contributed by atoms with Crippen LogP contribution in [0.2, 0.25) is 0 Å². The van der Waals surface area contributed by atoms with E-state index >= 15 is 0 Å². The summed E-state index contributed by atoms with van der Waals surface area (Å²) in [6, 6.07) is 4.40. The number of carbonyl (C=O) groups is 1. The van der Waals surface area contributed by atoms with Crippen LogP contribution in [0, 0.1) is 0 Å². The van der Waals surface area contributed by atoms with Crippen molar-refractivity contribution in [3.05, 3.63) is 24.4 Å². The van der Waals surface area contributed by atoms with Crippen molar-refractivity contribution in [1.29, 1.82) is 0 Å².